The molecule has 0 saturated carbocycles. The quantitative estimate of drug-likeness (QED) is 0.760. The van der Waals surface area contributed by atoms with Crippen LogP contribution in [0.25, 0.3) is 10.9 Å². The Kier molecular flexibility index (Phi) is 3.60. The van der Waals surface area contributed by atoms with E-state index in [1.54, 1.807) is 0 Å². The second-order valence-corrected chi connectivity index (χ2v) is 5.24. The number of benzene rings is 1. The maximum absolute atomic E-state index is 13.9. The summed E-state index contributed by atoms with van der Waals surface area (Å²) in [6.45, 7) is 4.63. The first-order chi connectivity index (χ1) is 10.2. The third-order valence-corrected chi connectivity index (χ3v) is 3.83. The number of nitrogens with zero attached hydrogens (tertiary/aromatic N) is 1. The molecule has 21 heavy (non-hydrogen) atoms. The average molecular weight is 283 g/mol. The molecular weight excluding hydrogens is 265 g/mol. The number of hydrogen-bond donors (Lipinski definition) is 2. The minimum Gasteiger partial charge on any atom is -0.368 e. The van der Waals surface area contributed by atoms with E-state index in [4.69, 9.17) is 0 Å². The molecule has 3 nitrogen and oxygen atoms in total. The molecule has 0 aliphatic rings. The molecule has 3 aromatic rings. The summed E-state index contributed by atoms with van der Waals surface area (Å²) >= 11 is 0. The van der Waals surface area contributed by atoms with Gasteiger partial charge in [0.05, 0.1) is 11.7 Å². The summed E-state index contributed by atoms with van der Waals surface area (Å²) in [7, 11) is 0. The highest BCUT2D eigenvalue weighted by Gasteiger charge is 2.13. The minimum atomic E-state index is -0.277. The zero-order valence-electron chi connectivity index (χ0n) is 12.2. The van der Waals surface area contributed by atoms with Crippen LogP contribution >= 0.6 is 0 Å². The molecule has 0 radical (unpaired) electrons. The summed E-state index contributed by atoms with van der Waals surface area (Å²) in [5.41, 5.74) is 3.93. The van der Waals surface area contributed by atoms with Crippen LogP contribution in [0.3, 0.4) is 0 Å². The van der Waals surface area contributed by atoms with Crippen molar-refractivity contribution in [3.63, 3.8) is 0 Å². The van der Waals surface area contributed by atoms with E-state index < -0.39 is 0 Å². The first kappa shape index (κ1) is 13.6. The number of pyridine rings is 1. The highest BCUT2D eigenvalue weighted by molar-refractivity contribution is 5.92. The standard InChI is InChI=1S/C17H18FN3/c1-11-12(2)21-16-15(11)14(18)10-20-17(16)19-9-8-13-6-4-3-5-7-13/h3-7,10,21H,8-9H2,1-2H3,(H,19,20). The summed E-state index contributed by atoms with van der Waals surface area (Å²) in [6.07, 6.45) is 2.19. The van der Waals surface area contributed by atoms with E-state index in [-0.39, 0.29) is 5.82 Å². The maximum atomic E-state index is 13.9. The second kappa shape index (κ2) is 5.56. The van der Waals surface area contributed by atoms with Crippen molar-refractivity contribution in [2.24, 2.45) is 0 Å². The predicted octanol–water partition coefficient (Wildman–Crippen LogP) is 3.97. The van der Waals surface area contributed by atoms with Crippen molar-refractivity contribution < 1.29 is 4.39 Å². The Morgan fingerprint density at radius 1 is 1.19 bits per heavy atom. The zero-order valence-corrected chi connectivity index (χ0v) is 12.2. The van der Waals surface area contributed by atoms with Crippen LogP contribution in [0.5, 0.6) is 0 Å². The third kappa shape index (κ3) is 2.61. The zero-order chi connectivity index (χ0) is 14.8. The fourth-order valence-electron chi connectivity index (χ4n) is 2.55. The first-order valence-electron chi connectivity index (χ1n) is 7.08. The van der Waals surface area contributed by atoms with Crippen LogP contribution in [0.1, 0.15) is 16.8 Å². The second-order valence-electron chi connectivity index (χ2n) is 5.24. The van der Waals surface area contributed by atoms with Crippen molar-refractivity contribution in [1.29, 1.82) is 0 Å². The third-order valence-electron chi connectivity index (χ3n) is 3.83. The Morgan fingerprint density at radius 2 is 1.95 bits per heavy atom. The van der Waals surface area contributed by atoms with Crippen LogP contribution < -0.4 is 5.32 Å². The Morgan fingerprint density at radius 3 is 2.71 bits per heavy atom. The molecular formula is C17H18FN3. The number of aromatic nitrogens is 2. The number of fused-ring (bicyclic) bond motifs is 1. The van der Waals surface area contributed by atoms with E-state index in [9.17, 15) is 4.39 Å². The fourth-order valence-corrected chi connectivity index (χ4v) is 2.55. The lowest BCUT2D eigenvalue weighted by Crippen LogP contribution is -2.07. The Balaban J connectivity index is 1.81. The van der Waals surface area contributed by atoms with Gasteiger partial charge in [-0.25, -0.2) is 9.37 Å². The van der Waals surface area contributed by atoms with E-state index in [1.165, 1.54) is 11.8 Å². The maximum Gasteiger partial charge on any atom is 0.151 e. The number of rotatable bonds is 4. The predicted molar refractivity (Wildman–Crippen MR) is 84.2 cm³/mol. The molecule has 2 aromatic heterocycles. The van der Waals surface area contributed by atoms with Crippen molar-refractivity contribution in [1.82, 2.24) is 9.97 Å². The van der Waals surface area contributed by atoms with Crippen LogP contribution in [-0.2, 0) is 6.42 Å². The van der Waals surface area contributed by atoms with E-state index in [0.29, 0.717) is 11.2 Å². The highest BCUT2D eigenvalue weighted by atomic mass is 19.1. The van der Waals surface area contributed by atoms with Gasteiger partial charge in [0.15, 0.2) is 11.6 Å². The minimum absolute atomic E-state index is 0.277. The van der Waals surface area contributed by atoms with Crippen molar-refractivity contribution in [2.75, 3.05) is 11.9 Å². The Hall–Kier alpha value is -2.36. The Bertz CT molecular complexity index is 763. The summed E-state index contributed by atoms with van der Waals surface area (Å²) in [5, 5.41) is 3.92. The molecule has 0 amide bonds. The molecule has 0 unspecified atom stereocenters. The molecule has 3 rings (SSSR count). The van der Waals surface area contributed by atoms with Gasteiger partial charge < -0.3 is 10.3 Å². The van der Waals surface area contributed by atoms with Gasteiger partial charge in [-0.05, 0) is 31.4 Å². The summed E-state index contributed by atoms with van der Waals surface area (Å²) in [6, 6.07) is 10.3. The Labute approximate surface area is 123 Å². The topological polar surface area (TPSA) is 40.7 Å². The number of anilines is 1. The number of H-pyrrole nitrogens is 1. The number of hydrogen-bond acceptors (Lipinski definition) is 2. The van der Waals surface area contributed by atoms with Gasteiger partial charge in [0.25, 0.3) is 0 Å². The first-order valence-corrected chi connectivity index (χ1v) is 7.08. The van der Waals surface area contributed by atoms with Gasteiger partial charge in [-0.15, -0.1) is 0 Å². The summed E-state index contributed by atoms with van der Waals surface area (Å²) in [5.74, 6) is 0.430. The van der Waals surface area contributed by atoms with Gasteiger partial charge in [0.1, 0.15) is 0 Å². The highest BCUT2D eigenvalue weighted by Crippen LogP contribution is 2.28. The van der Waals surface area contributed by atoms with E-state index in [2.05, 4.69) is 27.4 Å². The van der Waals surface area contributed by atoms with E-state index in [0.717, 1.165) is 29.7 Å². The normalized spacial score (nSPS) is 11.0. The summed E-state index contributed by atoms with van der Waals surface area (Å²) < 4.78 is 13.9. The van der Waals surface area contributed by atoms with Crippen LogP contribution in [0, 0.1) is 19.7 Å². The summed E-state index contributed by atoms with van der Waals surface area (Å²) in [4.78, 5) is 7.39. The van der Waals surface area contributed by atoms with Gasteiger partial charge in [-0.2, -0.15) is 0 Å². The number of aromatic amines is 1. The molecule has 0 fully saturated rings. The molecule has 2 N–H and O–H groups in total. The van der Waals surface area contributed by atoms with Gasteiger partial charge in [-0.3, -0.25) is 0 Å². The molecule has 0 aliphatic carbocycles. The van der Waals surface area contributed by atoms with E-state index in [1.807, 2.05) is 32.0 Å². The molecule has 0 atom stereocenters. The molecule has 4 heteroatoms. The van der Waals surface area contributed by atoms with Gasteiger partial charge >= 0.3 is 0 Å². The lowest BCUT2D eigenvalue weighted by molar-refractivity contribution is 0.634. The van der Waals surface area contributed by atoms with Crippen LogP contribution in [0.2, 0.25) is 0 Å². The molecule has 0 saturated heterocycles. The number of aryl methyl sites for hydroxylation is 2. The lowest BCUT2D eigenvalue weighted by Gasteiger charge is -2.07. The molecule has 0 bridgehead atoms. The molecule has 1 aromatic carbocycles. The van der Waals surface area contributed by atoms with Crippen LogP contribution in [0.15, 0.2) is 36.5 Å². The van der Waals surface area contributed by atoms with Gasteiger partial charge in [-0.1, -0.05) is 30.3 Å². The van der Waals surface area contributed by atoms with Crippen molar-refractivity contribution in [2.45, 2.75) is 20.3 Å². The average Bonchev–Trinajstić information content (AvgIpc) is 2.79. The molecule has 2 heterocycles. The van der Waals surface area contributed by atoms with Gasteiger partial charge in [0, 0.05) is 17.6 Å². The van der Waals surface area contributed by atoms with Crippen molar-refractivity contribution in [3.05, 3.63) is 59.2 Å². The smallest absolute Gasteiger partial charge is 0.151 e. The lowest BCUT2D eigenvalue weighted by atomic mass is 10.1. The van der Waals surface area contributed by atoms with Crippen molar-refractivity contribution in [3.8, 4) is 0 Å². The largest absolute Gasteiger partial charge is 0.368 e. The van der Waals surface area contributed by atoms with Crippen molar-refractivity contribution >= 4 is 16.7 Å². The van der Waals surface area contributed by atoms with Crippen LogP contribution in [-0.4, -0.2) is 16.5 Å². The number of halogens is 1. The SMILES string of the molecule is Cc1[nH]c2c(NCCc3ccccc3)ncc(F)c2c1C. The monoisotopic (exact) mass is 283 g/mol. The van der Waals surface area contributed by atoms with Crippen LogP contribution in [0.4, 0.5) is 10.2 Å². The molecule has 0 spiro atoms. The number of nitrogens with one attached hydrogen (secondary N) is 2. The van der Waals surface area contributed by atoms with E-state index >= 15 is 0 Å². The molecule has 108 valence electrons. The fraction of sp³-hybridized carbons (Fsp3) is 0.235. The molecule has 0 aliphatic heterocycles. The van der Waals surface area contributed by atoms with Gasteiger partial charge in [0.2, 0.25) is 0 Å².